The van der Waals surface area contributed by atoms with Crippen LogP contribution in [0.2, 0.25) is 0 Å². The lowest BCUT2D eigenvalue weighted by molar-refractivity contribution is -0.116. The Morgan fingerprint density at radius 2 is 1.65 bits per heavy atom. The molecular formula is C19H14N4O3. The Hall–Kier alpha value is -3.74. The van der Waals surface area contributed by atoms with Gasteiger partial charge in [0.25, 0.3) is 11.8 Å². The molecule has 1 aliphatic heterocycles. The van der Waals surface area contributed by atoms with Crippen molar-refractivity contribution in [1.82, 2.24) is 14.9 Å². The van der Waals surface area contributed by atoms with Crippen molar-refractivity contribution in [2.75, 3.05) is 11.9 Å². The van der Waals surface area contributed by atoms with Crippen molar-refractivity contribution in [2.24, 2.45) is 0 Å². The minimum Gasteiger partial charge on any atom is -0.345 e. The topological polar surface area (TPSA) is 95.2 Å². The van der Waals surface area contributed by atoms with Crippen LogP contribution in [0.4, 0.5) is 5.69 Å². The molecule has 1 aliphatic rings. The van der Waals surface area contributed by atoms with E-state index in [4.69, 9.17) is 0 Å². The molecule has 2 N–H and O–H groups in total. The minimum absolute atomic E-state index is 0.327. The van der Waals surface area contributed by atoms with Gasteiger partial charge in [-0.1, -0.05) is 12.1 Å². The predicted molar refractivity (Wildman–Crippen MR) is 94.5 cm³/mol. The summed E-state index contributed by atoms with van der Waals surface area (Å²) >= 11 is 0. The summed E-state index contributed by atoms with van der Waals surface area (Å²) in [5.74, 6) is -0.609. The molecule has 0 fully saturated rings. The highest BCUT2D eigenvalue weighted by molar-refractivity contribution is 6.22. The van der Waals surface area contributed by atoms with E-state index < -0.39 is 17.7 Å². The first-order chi connectivity index (χ1) is 12.6. The number of hydrogen-bond donors (Lipinski definition) is 2. The number of anilines is 1. The Balaban J connectivity index is 1.43. The van der Waals surface area contributed by atoms with Crippen LogP contribution < -0.4 is 5.32 Å². The fourth-order valence-electron chi connectivity index (χ4n) is 2.86. The molecule has 0 saturated heterocycles. The molecule has 128 valence electrons. The summed E-state index contributed by atoms with van der Waals surface area (Å²) in [6.07, 6.45) is 3.39. The van der Waals surface area contributed by atoms with Crippen LogP contribution in [0.5, 0.6) is 0 Å². The van der Waals surface area contributed by atoms with E-state index in [1.165, 1.54) is 0 Å². The number of rotatable bonds is 4. The van der Waals surface area contributed by atoms with Crippen LogP contribution in [0, 0.1) is 0 Å². The summed E-state index contributed by atoms with van der Waals surface area (Å²) in [6.45, 7) is -0.327. The number of imidazole rings is 1. The second kappa shape index (κ2) is 6.29. The second-order valence-electron chi connectivity index (χ2n) is 5.81. The van der Waals surface area contributed by atoms with Gasteiger partial charge >= 0.3 is 0 Å². The van der Waals surface area contributed by atoms with Gasteiger partial charge in [-0.3, -0.25) is 19.3 Å². The van der Waals surface area contributed by atoms with Crippen LogP contribution in [0.1, 0.15) is 20.7 Å². The number of aromatic amines is 1. The van der Waals surface area contributed by atoms with Gasteiger partial charge < -0.3 is 10.3 Å². The summed E-state index contributed by atoms with van der Waals surface area (Å²) in [4.78, 5) is 44.9. The Bertz CT molecular complexity index is 959. The van der Waals surface area contributed by atoms with Gasteiger partial charge in [-0.05, 0) is 36.4 Å². The molecular weight excluding hydrogens is 332 g/mol. The number of imide groups is 1. The predicted octanol–water partition coefficient (Wildman–Crippen LogP) is 2.31. The van der Waals surface area contributed by atoms with E-state index in [2.05, 4.69) is 15.3 Å². The maximum atomic E-state index is 12.3. The van der Waals surface area contributed by atoms with Crippen molar-refractivity contribution in [3.8, 4) is 11.4 Å². The zero-order valence-corrected chi connectivity index (χ0v) is 13.6. The summed E-state index contributed by atoms with van der Waals surface area (Å²) in [6, 6.07) is 13.6. The molecule has 7 nitrogen and oxygen atoms in total. The standard InChI is InChI=1S/C19H14N4O3/c24-16(11-23-18(25)14-3-1-2-4-15(14)19(23)26)22-13-7-5-12(6-8-13)17-20-9-10-21-17/h1-10H,11H2,(H,20,21)(H,22,24). The number of hydrogen-bond acceptors (Lipinski definition) is 4. The van der Waals surface area contributed by atoms with Gasteiger partial charge in [-0.2, -0.15) is 0 Å². The smallest absolute Gasteiger partial charge is 0.262 e. The fraction of sp³-hybridized carbons (Fsp3) is 0.0526. The van der Waals surface area contributed by atoms with Crippen molar-refractivity contribution in [3.05, 3.63) is 72.1 Å². The second-order valence-corrected chi connectivity index (χ2v) is 5.81. The fourth-order valence-corrected chi connectivity index (χ4v) is 2.86. The number of carbonyl (C=O) groups is 3. The number of nitrogens with one attached hydrogen (secondary N) is 2. The zero-order chi connectivity index (χ0) is 18.1. The van der Waals surface area contributed by atoms with E-state index in [1.807, 2.05) is 12.1 Å². The molecule has 0 aliphatic carbocycles. The lowest BCUT2D eigenvalue weighted by atomic mass is 10.1. The summed E-state index contributed by atoms with van der Waals surface area (Å²) < 4.78 is 0. The summed E-state index contributed by atoms with van der Waals surface area (Å²) in [5.41, 5.74) is 2.11. The molecule has 3 aromatic rings. The average molecular weight is 346 g/mol. The highest BCUT2D eigenvalue weighted by atomic mass is 16.2. The minimum atomic E-state index is -0.450. The molecule has 0 bridgehead atoms. The van der Waals surface area contributed by atoms with Gasteiger partial charge in [0, 0.05) is 23.6 Å². The first-order valence-electron chi connectivity index (χ1n) is 7.98. The Kier molecular flexibility index (Phi) is 3.81. The zero-order valence-electron chi connectivity index (χ0n) is 13.6. The first kappa shape index (κ1) is 15.8. The molecule has 3 amide bonds. The van der Waals surface area contributed by atoms with Gasteiger partial charge in [-0.25, -0.2) is 4.98 Å². The van der Waals surface area contributed by atoms with E-state index in [9.17, 15) is 14.4 Å². The van der Waals surface area contributed by atoms with E-state index in [0.717, 1.165) is 16.3 Å². The molecule has 0 spiro atoms. The molecule has 1 aromatic heterocycles. The van der Waals surface area contributed by atoms with Gasteiger partial charge in [-0.15, -0.1) is 0 Å². The largest absolute Gasteiger partial charge is 0.345 e. The number of nitrogens with zero attached hydrogens (tertiary/aromatic N) is 2. The lowest BCUT2D eigenvalue weighted by Gasteiger charge is -2.13. The van der Waals surface area contributed by atoms with Crippen molar-refractivity contribution in [1.29, 1.82) is 0 Å². The number of benzene rings is 2. The van der Waals surface area contributed by atoms with E-state index in [-0.39, 0.29) is 6.54 Å². The molecule has 2 aromatic carbocycles. The van der Waals surface area contributed by atoms with Crippen molar-refractivity contribution < 1.29 is 14.4 Å². The van der Waals surface area contributed by atoms with E-state index in [0.29, 0.717) is 16.8 Å². The molecule has 0 radical (unpaired) electrons. The SMILES string of the molecule is O=C(CN1C(=O)c2ccccc2C1=O)Nc1ccc(-c2ncc[nH]2)cc1. The quantitative estimate of drug-likeness (QED) is 0.709. The highest BCUT2D eigenvalue weighted by Crippen LogP contribution is 2.22. The summed E-state index contributed by atoms with van der Waals surface area (Å²) in [5, 5.41) is 2.69. The normalized spacial score (nSPS) is 13.0. The molecule has 26 heavy (non-hydrogen) atoms. The molecule has 0 unspecified atom stereocenters. The van der Waals surface area contributed by atoms with Crippen molar-refractivity contribution in [2.45, 2.75) is 0 Å². The van der Waals surface area contributed by atoms with Crippen LogP contribution in [0.3, 0.4) is 0 Å². The number of aromatic nitrogens is 2. The van der Waals surface area contributed by atoms with Crippen LogP contribution in [-0.2, 0) is 4.79 Å². The third-order valence-electron chi connectivity index (χ3n) is 4.12. The third kappa shape index (κ3) is 2.75. The van der Waals surface area contributed by atoms with Crippen LogP contribution in [0.15, 0.2) is 60.9 Å². The maximum absolute atomic E-state index is 12.3. The average Bonchev–Trinajstić information content (AvgIpc) is 3.27. The number of carbonyl (C=O) groups excluding carboxylic acids is 3. The molecule has 0 atom stereocenters. The first-order valence-corrected chi connectivity index (χ1v) is 7.98. The number of amides is 3. The monoisotopic (exact) mass is 346 g/mol. The Morgan fingerprint density at radius 1 is 1.00 bits per heavy atom. The molecule has 4 rings (SSSR count). The lowest BCUT2D eigenvalue weighted by Crippen LogP contribution is -2.37. The maximum Gasteiger partial charge on any atom is 0.262 e. The summed E-state index contributed by atoms with van der Waals surface area (Å²) in [7, 11) is 0. The Morgan fingerprint density at radius 3 is 2.23 bits per heavy atom. The van der Waals surface area contributed by atoms with Gasteiger partial charge in [0.05, 0.1) is 11.1 Å². The number of H-pyrrole nitrogens is 1. The van der Waals surface area contributed by atoms with Gasteiger partial charge in [0.1, 0.15) is 12.4 Å². The van der Waals surface area contributed by atoms with Crippen LogP contribution >= 0.6 is 0 Å². The third-order valence-corrected chi connectivity index (χ3v) is 4.12. The highest BCUT2D eigenvalue weighted by Gasteiger charge is 2.36. The van der Waals surface area contributed by atoms with Crippen LogP contribution in [0.25, 0.3) is 11.4 Å². The Labute approximate surface area is 148 Å². The van der Waals surface area contributed by atoms with Gasteiger partial charge in [0.15, 0.2) is 0 Å². The van der Waals surface area contributed by atoms with Crippen molar-refractivity contribution >= 4 is 23.4 Å². The van der Waals surface area contributed by atoms with Crippen LogP contribution in [-0.4, -0.2) is 39.1 Å². The van der Waals surface area contributed by atoms with Crippen molar-refractivity contribution in [3.63, 3.8) is 0 Å². The molecule has 0 saturated carbocycles. The molecule has 7 heteroatoms. The van der Waals surface area contributed by atoms with E-state index >= 15 is 0 Å². The number of fused-ring (bicyclic) bond motifs is 1. The molecule has 2 heterocycles. The van der Waals surface area contributed by atoms with Gasteiger partial charge in [0.2, 0.25) is 5.91 Å². The van der Waals surface area contributed by atoms with E-state index in [1.54, 1.807) is 48.8 Å².